The lowest BCUT2D eigenvalue weighted by molar-refractivity contribution is -0.146. The number of hydrogen-bond acceptors (Lipinski definition) is 8. The Balaban J connectivity index is 1.29. The Labute approximate surface area is 266 Å². The average Bonchev–Trinajstić information content (AvgIpc) is 3.63. The van der Waals surface area contributed by atoms with Crippen LogP contribution in [0.5, 0.6) is 0 Å². The summed E-state index contributed by atoms with van der Waals surface area (Å²) in [5, 5.41) is 20.7. The smallest absolute Gasteiger partial charge is 0.264 e. The van der Waals surface area contributed by atoms with Gasteiger partial charge in [0.05, 0.1) is 30.6 Å². The van der Waals surface area contributed by atoms with E-state index in [1.165, 1.54) is 0 Å². The van der Waals surface area contributed by atoms with Gasteiger partial charge in [-0.15, -0.1) is 5.10 Å². The quantitative estimate of drug-likeness (QED) is 0.294. The van der Waals surface area contributed by atoms with Gasteiger partial charge in [0.1, 0.15) is 0 Å². The molecule has 6 rings (SSSR count). The molecule has 2 saturated heterocycles. The zero-order valence-electron chi connectivity index (χ0n) is 25.2. The van der Waals surface area contributed by atoms with Crippen LogP contribution in [0.25, 0.3) is 0 Å². The third-order valence-electron chi connectivity index (χ3n) is 9.22. The zero-order valence-corrected chi connectivity index (χ0v) is 27.8. The monoisotopic (exact) mass is 682 g/mol. The van der Waals surface area contributed by atoms with E-state index in [0.717, 1.165) is 33.5 Å². The molecule has 2 amide bonds. The van der Waals surface area contributed by atoms with Crippen LogP contribution in [0, 0.1) is 5.92 Å². The minimum atomic E-state index is -2.80. The van der Waals surface area contributed by atoms with Crippen molar-refractivity contribution in [2.24, 2.45) is 5.92 Å². The Morgan fingerprint density at radius 3 is 2.66 bits per heavy atom. The maximum Gasteiger partial charge on any atom is 0.264 e. The molecular formula is C31H39BrN6O5Si. The molecule has 3 aliphatic heterocycles. The van der Waals surface area contributed by atoms with Gasteiger partial charge < -0.3 is 29.8 Å². The van der Waals surface area contributed by atoms with Crippen molar-refractivity contribution in [3.8, 4) is 0 Å². The number of nitrogens with zero attached hydrogens (tertiary/aromatic N) is 5. The number of carbonyl (C=O) groups excluding carboxylic acids is 2. The number of nitrogens with one attached hydrogen (secondary N) is 1. The van der Waals surface area contributed by atoms with Crippen LogP contribution in [0.4, 0.5) is 11.4 Å². The summed E-state index contributed by atoms with van der Waals surface area (Å²) in [6.45, 7) is 8.44. The first-order valence-electron chi connectivity index (χ1n) is 15.1. The number of amides is 2. The highest BCUT2D eigenvalue weighted by Gasteiger charge is 2.66. The van der Waals surface area contributed by atoms with Gasteiger partial charge >= 0.3 is 0 Å². The third kappa shape index (κ3) is 5.54. The molecule has 0 unspecified atom stereocenters. The number of aliphatic hydroxyl groups excluding tert-OH is 1. The number of aryl methyl sites for hydroxylation is 1. The van der Waals surface area contributed by atoms with Crippen LogP contribution in [0.1, 0.15) is 30.2 Å². The minimum Gasteiger partial charge on any atom is -0.432 e. The Kier molecular flexibility index (Phi) is 8.54. The van der Waals surface area contributed by atoms with Crippen molar-refractivity contribution >= 4 is 47.4 Å². The van der Waals surface area contributed by atoms with E-state index in [-0.39, 0.29) is 36.0 Å². The zero-order chi connectivity index (χ0) is 31.2. The Hall–Kier alpha value is -2.94. The highest BCUT2D eigenvalue weighted by Crippen LogP contribution is 2.60. The van der Waals surface area contributed by atoms with E-state index in [9.17, 15) is 19.5 Å². The molecule has 1 aromatic heterocycles. The molecule has 234 valence electrons. The molecule has 3 aromatic rings. The van der Waals surface area contributed by atoms with Crippen molar-refractivity contribution < 1.29 is 24.2 Å². The summed E-state index contributed by atoms with van der Waals surface area (Å²) in [6.07, 6.45) is 2.44. The molecule has 2 aromatic carbocycles. The highest BCUT2D eigenvalue weighted by molar-refractivity contribution is 9.10. The van der Waals surface area contributed by atoms with Crippen LogP contribution in [0.2, 0.25) is 18.6 Å². The van der Waals surface area contributed by atoms with Crippen LogP contribution < -0.4 is 15.1 Å². The van der Waals surface area contributed by atoms with Crippen LogP contribution >= 0.6 is 15.9 Å². The second-order valence-corrected chi connectivity index (χ2v) is 17.4. The molecule has 0 saturated carbocycles. The van der Waals surface area contributed by atoms with Gasteiger partial charge in [-0.25, -0.2) is 0 Å². The fraction of sp³-hybridized carbons (Fsp3) is 0.484. The van der Waals surface area contributed by atoms with Crippen LogP contribution in [0.3, 0.4) is 0 Å². The van der Waals surface area contributed by atoms with Gasteiger partial charge in [0.15, 0.2) is 13.9 Å². The molecule has 0 aliphatic carbocycles. The van der Waals surface area contributed by atoms with Crippen molar-refractivity contribution in [3.63, 3.8) is 0 Å². The fourth-order valence-corrected chi connectivity index (χ4v) is 10.2. The molecule has 3 N–H and O–H groups in total. The standard InChI is InChI=1S/C31H39BrN6O5Si/c1-20-29(44(2,3)42)27(10-13-36-19-23(11-15-39)34-35-36)43-31(20)25-16-22(32)6-9-26(25)38(30(31)41)18-21-4-7-24(8-5-21)37-14-12-33-17-28(37)40/h4-9,16,19-20,27,29,33,39,42H,10-15,17-18H2,1-3H3/t20-,27+,29-,31+/m1/s1. The molecule has 44 heavy (non-hydrogen) atoms. The first-order valence-corrected chi connectivity index (χ1v) is 19.0. The van der Waals surface area contributed by atoms with Crippen molar-refractivity contribution in [3.05, 3.63) is 70.0 Å². The molecule has 13 heteroatoms. The second-order valence-electron chi connectivity index (χ2n) is 12.5. The van der Waals surface area contributed by atoms with Crippen molar-refractivity contribution in [1.29, 1.82) is 0 Å². The molecule has 1 spiro atoms. The summed E-state index contributed by atoms with van der Waals surface area (Å²) in [5.74, 6) is -0.357. The van der Waals surface area contributed by atoms with Crippen LogP contribution in [-0.4, -0.2) is 77.4 Å². The number of anilines is 2. The van der Waals surface area contributed by atoms with E-state index in [0.29, 0.717) is 44.7 Å². The normalized spacial score (nSPS) is 25.4. The topological polar surface area (TPSA) is 133 Å². The van der Waals surface area contributed by atoms with E-state index in [1.54, 1.807) is 14.5 Å². The molecule has 11 nitrogen and oxygen atoms in total. The first-order chi connectivity index (χ1) is 21.0. The number of aliphatic hydroxyl groups is 1. The van der Waals surface area contributed by atoms with Crippen molar-refractivity contribution in [2.75, 3.05) is 36.0 Å². The number of carbonyl (C=O) groups is 2. The van der Waals surface area contributed by atoms with E-state index in [1.807, 2.05) is 68.7 Å². The maximum atomic E-state index is 14.6. The Morgan fingerprint density at radius 2 is 1.95 bits per heavy atom. The van der Waals surface area contributed by atoms with Gasteiger partial charge in [-0.1, -0.05) is 40.2 Å². The Bertz CT molecular complexity index is 1540. The molecular weight excluding hydrogens is 644 g/mol. The number of rotatable bonds is 9. The summed E-state index contributed by atoms with van der Waals surface area (Å²) in [6, 6.07) is 13.7. The number of halogens is 1. The maximum absolute atomic E-state index is 14.6. The summed E-state index contributed by atoms with van der Waals surface area (Å²) < 4.78 is 9.51. The van der Waals surface area contributed by atoms with E-state index in [4.69, 9.17) is 4.74 Å². The third-order valence-corrected chi connectivity index (χ3v) is 12.2. The lowest BCUT2D eigenvalue weighted by Crippen LogP contribution is -2.48. The number of ether oxygens (including phenoxy) is 1. The molecule has 3 aliphatic rings. The van der Waals surface area contributed by atoms with Crippen molar-refractivity contribution in [1.82, 2.24) is 20.3 Å². The van der Waals surface area contributed by atoms with Gasteiger partial charge in [0.25, 0.3) is 5.91 Å². The lowest BCUT2D eigenvalue weighted by Gasteiger charge is -2.32. The summed E-state index contributed by atoms with van der Waals surface area (Å²) >= 11 is 3.62. The van der Waals surface area contributed by atoms with Gasteiger partial charge in [0.2, 0.25) is 5.91 Å². The van der Waals surface area contributed by atoms with Crippen LogP contribution in [-0.2, 0) is 39.4 Å². The SMILES string of the molecule is C[C@@H]1[C@@H]([Si](C)(C)O)[C@H](CCn2cc(CCO)nn2)O[C@@]12C(=O)N(Cc1ccc(N3CCNCC3=O)cc1)c1ccc(Br)cc12. The Morgan fingerprint density at radius 1 is 1.18 bits per heavy atom. The number of hydrogen-bond donors (Lipinski definition) is 3. The van der Waals surface area contributed by atoms with E-state index in [2.05, 4.69) is 31.6 Å². The predicted molar refractivity (Wildman–Crippen MR) is 172 cm³/mol. The summed E-state index contributed by atoms with van der Waals surface area (Å²) in [7, 11) is -2.80. The molecule has 4 heterocycles. The molecule has 2 fully saturated rings. The molecule has 0 radical (unpaired) electrons. The van der Waals surface area contributed by atoms with E-state index < -0.39 is 13.9 Å². The number of benzene rings is 2. The highest BCUT2D eigenvalue weighted by atomic mass is 79.9. The predicted octanol–water partition coefficient (Wildman–Crippen LogP) is 2.95. The number of aromatic nitrogens is 3. The summed E-state index contributed by atoms with van der Waals surface area (Å²) in [4.78, 5) is 42.2. The fourth-order valence-electron chi connectivity index (χ4n) is 7.26. The van der Waals surface area contributed by atoms with Crippen LogP contribution in [0.15, 0.2) is 53.1 Å². The first kappa shape index (κ1) is 31.1. The number of piperazine rings is 1. The average molecular weight is 684 g/mol. The number of fused-ring (bicyclic) bond motifs is 2. The molecule has 4 atom stereocenters. The largest absolute Gasteiger partial charge is 0.432 e. The lowest BCUT2D eigenvalue weighted by atomic mass is 9.82. The molecule has 0 bridgehead atoms. The van der Waals surface area contributed by atoms with Gasteiger partial charge in [0, 0.05) is 66.0 Å². The van der Waals surface area contributed by atoms with E-state index >= 15 is 0 Å². The van der Waals surface area contributed by atoms with Gasteiger partial charge in [-0.2, -0.15) is 0 Å². The van der Waals surface area contributed by atoms with Gasteiger partial charge in [-0.3, -0.25) is 14.3 Å². The van der Waals surface area contributed by atoms with Crippen molar-refractivity contribution in [2.45, 2.75) is 63.2 Å². The minimum absolute atomic E-state index is 0.00436. The van der Waals surface area contributed by atoms with Gasteiger partial charge in [-0.05, 0) is 55.4 Å². The second kappa shape index (κ2) is 12.1. The summed E-state index contributed by atoms with van der Waals surface area (Å²) in [5.41, 5.74) is 2.67.